The Morgan fingerprint density at radius 1 is 1.36 bits per heavy atom. The summed E-state index contributed by atoms with van der Waals surface area (Å²) in [4.78, 5) is 17.9. The fourth-order valence-corrected chi connectivity index (χ4v) is 2.95. The quantitative estimate of drug-likeness (QED) is 0.907. The van der Waals surface area contributed by atoms with Crippen molar-refractivity contribution < 1.29 is 14.4 Å². The summed E-state index contributed by atoms with van der Waals surface area (Å²) in [6, 6.07) is 9.50. The van der Waals surface area contributed by atoms with Gasteiger partial charge in [0.2, 0.25) is 6.10 Å². The van der Waals surface area contributed by atoms with E-state index in [1.165, 1.54) is 12.8 Å². The molecule has 1 atom stereocenters. The lowest BCUT2D eigenvalue weighted by Gasteiger charge is -2.09. The van der Waals surface area contributed by atoms with E-state index in [2.05, 4.69) is 15.6 Å². The number of hydrogen-bond acceptors (Lipinski definition) is 5. The third kappa shape index (κ3) is 3.09. The highest BCUT2D eigenvalue weighted by molar-refractivity contribution is 6.07. The molecule has 1 aromatic heterocycles. The van der Waals surface area contributed by atoms with Gasteiger partial charge in [0.25, 0.3) is 5.91 Å². The zero-order valence-electron chi connectivity index (χ0n) is 14.2. The van der Waals surface area contributed by atoms with Gasteiger partial charge in [-0.1, -0.05) is 17.3 Å². The van der Waals surface area contributed by atoms with E-state index in [0.29, 0.717) is 29.6 Å². The van der Waals surface area contributed by atoms with Crippen LogP contribution < -0.4 is 10.1 Å². The van der Waals surface area contributed by atoms with E-state index in [4.69, 9.17) is 9.57 Å². The second kappa shape index (κ2) is 6.23. The van der Waals surface area contributed by atoms with Gasteiger partial charge in [-0.2, -0.15) is 5.10 Å². The van der Waals surface area contributed by atoms with E-state index in [1.807, 2.05) is 37.4 Å². The molecule has 2 heterocycles. The summed E-state index contributed by atoms with van der Waals surface area (Å²) < 4.78 is 7.04. The lowest BCUT2D eigenvalue weighted by Crippen LogP contribution is -2.28. The molecule has 7 heteroatoms. The lowest BCUT2D eigenvalue weighted by atomic mass is 10.0. The molecule has 7 nitrogen and oxygen atoms in total. The minimum Gasteiger partial charge on any atom is -0.496 e. The van der Waals surface area contributed by atoms with Gasteiger partial charge in [0, 0.05) is 31.0 Å². The van der Waals surface area contributed by atoms with E-state index in [-0.39, 0.29) is 5.91 Å². The zero-order chi connectivity index (χ0) is 17.4. The van der Waals surface area contributed by atoms with Crippen LogP contribution in [0.1, 0.15) is 36.4 Å². The smallest absolute Gasteiger partial charge is 0.269 e. The maximum Gasteiger partial charge on any atom is 0.269 e. The second-order valence-electron chi connectivity index (χ2n) is 6.38. The van der Waals surface area contributed by atoms with Crippen molar-refractivity contribution in [3.63, 3.8) is 0 Å². The number of nitrogens with zero attached hydrogens (tertiary/aromatic N) is 3. The molecule has 1 unspecified atom stereocenters. The average Bonchev–Trinajstić information content (AvgIpc) is 3.25. The molecule has 4 rings (SSSR count). The van der Waals surface area contributed by atoms with Crippen LogP contribution in [0.2, 0.25) is 0 Å². The zero-order valence-corrected chi connectivity index (χ0v) is 14.2. The fraction of sp³-hybridized carbons (Fsp3) is 0.389. The number of methoxy groups -OCH3 is 1. The monoisotopic (exact) mass is 340 g/mol. The van der Waals surface area contributed by atoms with Gasteiger partial charge in [0.1, 0.15) is 11.6 Å². The van der Waals surface area contributed by atoms with Crippen molar-refractivity contribution >= 4 is 17.4 Å². The van der Waals surface area contributed by atoms with Gasteiger partial charge in [-0.15, -0.1) is 0 Å². The fourth-order valence-electron chi connectivity index (χ4n) is 2.95. The number of aromatic nitrogens is 2. The SMILES string of the molecule is COc1ccccc1C1=NOC(C(=O)Nc2cc(C3CC3)nn2C)C1. The number of carbonyl (C=O) groups excluding carboxylic acids is 1. The number of oxime groups is 1. The van der Waals surface area contributed by atoms with Crippen molar-refractivity contribution in [2.45, 2.75) is 31.3 Å². The van der Waals surface area contributed by atoms with Gasteiger partial charge < -0.3 is 14.9 Å². The van der Waals surface area contributed by atoms with E-state index >= 15 is 0 Å². The largest absolute Gasteiger partial charge is 0.496 e. The Morgan fingerprint density at radius 2 is 2.16 bits per heavy atom. The van der Waals surface area contributed by atoms with Gasteiger partial charge in [-0.25, -0.2) is 0 Å². The molecule has 2 aromatic rings. The molecule has 2 aliphatic rings. The molecule has 0 spiro atoms. The predicted molar refractivity (Wildman–Crippen MR) is 92.8 cm³/mol. The summed E-state index contributed by atoms with van der Waals surface area (Å²) >= 11 is 0. The van der Waals surface area contributed by atoms with Crippen LogP contribution in [0.3, 0.4) is 0 Å². The van der Waals surface area contributed by atoms with Crippen LogP contribution in [0.25, 0.3) is 0 Å². The second-order valence-corrected chi connectivity index (χ2v) is 6.38. The minimum absolute atomic E-state index is 0.223. The maximum atomic E-state index is 12.5. The van der Waals surface area contributed by atoms with Gasteiger partial charge in [-0.05, 0) is 25.0 Å². The predicted octanol–water partition coefficient (Wildman–Crippen LogP) is 2.44. The van der Waals surface area contributed by atoms with E-state index in [9.17, 15) is 4.79 Å². The highest BCUT2D eigenvalue weighted by Gasteiger charge is 2.31. The summed E-state index contributed by atoms with van der Waals surface area (Å²) in [6.07, 6.45) is 2.09. The van der Waals surface area contributed by atoms with Crippen LogP contribution in [0.4, 0.5) is 5.82 Å². The first-order chi connectivity index (χ1) is 12.2. The number of ether oxygens (including phenoxy) is 1. The Labute approximate surface area is 145 Å². The standard InChI is InChI=1S/C18H20N4O3/c1-22-17(10-13(20-22)11-7-8-11)19-18(23)16-9-14(21-25-16)12-5-3-4-6-15(12)24-2/h3-6,10-11,16H,7-9H2,1-2H3,(H,19,23). The Hall–Kier alpha value is -2.83. The highest BCUT2D eigenvalue weighted by atomic mass is 16.6. The first-order valence-corrected chi connectivity index (χ1v) is 8.36. The molecule has 1 fully saturated rings. The van der Waals surface area contributed by atoms with Crippen molar-refractivity contribution in [3.8, 4) is 5.75 Å². The topological polar surface area (TPSA) is 77.7 Å². The summed E-state index contributed by atoms with van der Waals surface area (Å²) in [6.45, 7) is 0. The van der Waals surface area contributed by atoms with E-state index < -0.39 is 6.10 Å². The van der Waals surface area contributed by atoms with Crippen molar-refractivity contribution in [3.05, 3.63) is 41.6 Å². The number of rotatable bonds is 5. The number of amides is 1. The molecule has 130 valence electrons. The summed E-state index contributed by atoms with van der Waals surface area (Å²) in [5.41, 5.74) is 2.59. The Bertz CT molecular complexity index is 839. The van der Waals surface area contributed by atoms with Crippen LogP contribution in [-0.2, 0) is 16.7 Å². The van der Waals surface area contributed by atoms with Gasteiger partial charge in [-0.3, -0.25) is 9.48 Å². The minimum atomic E-state index is -0.654. The number of para-hydroxylation sites is 1. The first kappa shape index (κ1) is 15.7. The van der Waals surface area contributed by atoms with Gasteiger partial charge >= 0.3 is 0 Å². The molecule has 0 bridgehead atoms. The number of benzene rings is 1. The van der Waals surface area contributed by atoms with Crippen LogP contribution in [-0.4, -0.2) is 34.6 Å². The summed E-state index contributed by atoms with van der Waals surface area (Å²) in [5, 5.41) is 11.4. The molecule has 1 amide bonds. The normalized spacial score (nSPS) is 19.3. The first-order valence-electron chi connectivity index (χ1n) is 8.36. The summed E-state index contributed by atoms with van der Waals surface area (Å²) in [7, 11) is 3.44. The van der Waals surface area contributed by atoms with Crippen molar-refractivity contribution in [1.82, 2.24) is 9.78 Å². The number of nitrogens with one attached hydrogen (secondary N) is 1. The Morgan fingerprint density at radius 3 is 2.92 bits per heavy atom. The molecular weight excluding hydrogens is 320 g/mol. The third-order valence-corrected chi connectivity index (χ3v) is 4.52. The number of aryl methyl sites for hydroxylation is 1. The van der Waals surface area contributed by atoms with E-state index in [0.717, 1.165) is 11.3 Å². The number of carbonyl (C=O) groups is 1. The Kier molecular flexibility index (Phi) is 3.91. The van der Waals surface area contributed by atoms with Crippen LogP contribution in [0.15, 0.2) is 35.5 Å². The number of anilines is 1. The van der Waals surface area contributed by atoms with Crippen molar-refractivity contribution in [1.29, 1.82) is 0 Å². The molecule has 1 aliphatic heterocycles. The molecule has 0 radical (unpaired) electrons. The molecule has 1 aromatic carbocycles. The van der Waals surface area contributed by atoms with Crippen molar-refractivity contribution in [2.75, 3.05) is 12.4 Å². The van der Waals surface area contributed by atoms with Gasteiger partial charge in [0.15, 0.2) is 0 Å². The molecule has 1 aliphatic carbocycles. The Balaban J connectivity index is 1.43. The van der Waals surface area contributed by atoms with Gasteiger partial charge in [0.05, 0.1) is 18.5 Å². The maximum absolute atomic E-state index is 12.5. The third-order valence-electron chi connectivity index (χ3n) is 4.52. The molecule has 1 saturated carbocycles. The van der Waals surface area contributed by atoms with Crippen LogP contribution in [0.5, 0.6) is 5.75 Å². The molecule has 1 N–H and O–H groups in total. The molecule has 25 heavy (non-hydrogen) atoms. The number of hydrogen-bond donors (Lipinski definition) is 1. The van der Waals surface area contributed by atoms with Crippen LogP contribution >= 0.6 is 0 Å². The summed E-state index contributed by atoms with van der Waals surface area (Å²) in [5.74, 6) is 1.71. The van der Waals surface area contributed by atoms with Crippen molar-refractivity contribution in [2.24, 2.45) is 12.2 Å². The average molecular weight is 340 g/mol. The molecule has 0 saturated heterocycles. The lowest BCUT2D eigenvalue weighted by molar-refractivity contribution is -0.125. The highest BCUT2D eigenvalue weighted by Crippen LogP contribution is 2.40. The van der Waals surface area contributed by atoms with E-state index in [1.54, 1.807) is 11.8 Å². The van der Waals surface area contributed by atoms with Crippen LogP contribution in [0, 0.1) is 0 Å². The molecular formula is C18H20N4O3.